The standard InChI is InChI=1S/C18H24N4O3/c1-22(2)17(23)13-21-18(20-12-16-5-4-10-25-16)19-11-14-6-8-15(24-3)9-7-14/h4-10H,11-13H2,1-3H3,(H2,19,20,21). The van der Waals surface area contributed by atoms with Crippen molar-refractivity contribution in [2.24, 2.45) is 4.99 Å². The minimum Gasteiger partial charge on any atom is -0.497 e. The van der Waals surface area contributed by atoms with Crippen LogP contribution in [0.15, 0.2) is 52.1 Å². The summed E-state index contributed by atoms with van der Waals surface area (Å²) in [4.78, 5) is 17.8. The van der Waals surface area contributed by atoms with Crippen molar-refractivity contribution in [2.75, 3.05) is 27.7 Å². The van der Waals surface area contributed by atoms with Crippen LogP contribution >= 0.6 is 0 Å². The van der Waals surface area contributed by atoms with E-state index in [2.05, 4.69) is 15.6 Å². The molecule has 0 bridgehead atoms. The van der Waals surface area contributed by atoms with E-state index in [1.165, 1.54) is 4.90 Å². The van der Waals surface area contributed by atoms with E-state index in [-0.39, 0.29) is 12.5 Å². The predicted molar refractivity (Wildman–Crippen MR) is 96.4 cm³/mol. The van der Waals surface area contributed by atoms with E-state index in [0.717, 1.165) is 17.1 Å². The molecule has 0 fully saturated rings. The van der Waals surface area contributed by atoms with Gasteiger partial charge in [-0.25, -0.2) is 4.99 Å². The van der Waals surface area contributed by atoms with Crippen molar-refractivity contribution < 1.29 is 13.9 Å². The lowest BCUT2D eigenvalue weighted by Gasteiger charge is -2.14. The van der Waals surface area contributed by atoms with E-state index in [1.54, 1.807) is 27.5 Å². The molecule has 0 atom stereocenters. The third kappa shape index (κ3) is 6.21. The molecule has 7 heteroatoms. The molecule has 1 amide bonds. The number of carbonyl (C=O) groups excluding carboxylic acids is 1. The zero-order valence-corrected chi connectivity index (χ0v) is 14.8. The number of nitrogens with one attached hydrogen (secondary N) is 2. The zero-order valence-electron chi connectivity index (χ0n) is 14.8. The average molecular weight is 344 g/mol. The Morgan fingerprint density at radius 3 is 2.56 bits per heavy atom. The molecule has 1 heterocycles. The van der Waals surface area contributed by atoms with Gasteiger partial charge < -0.3 is 24.7 Å². The van der Waals surface area contributed by atoms with Gasteiger partial charge in [0.15, 0.2) is 5.96 Å². The Bertz CT molecular complexity index is 679. The molecular formula is C18H24N4O3. The monoisotopic (exact) mass is 344 g/mol. The lowest BCUT2D eigenvalue weighted by Crippen LogP contribution is -2.42. The second-order valence-electron chi connectivity index (χ2n) is 5.59. The Morgan fingerprint density at radius 1 is 1.20 bits per heavy atom. The van der Waals surface area contributed by atoms with Gasteiger partial charge in [0.25, 0.3) is 0 Å². The van der Waals surface area contributed by atoms with Crippen molar-refractivity contribution in [3.05, 3.63) is 54.0 Å². The van der Waals surface area contributed by atoms with E-state index >= 15 is 0 Å². The van der Waals surface area contributed by atoms with Gasteiger partial charge in [-0.15, -0.1) is 0 Å². The minimum atomic E-state index is -0.0306. The van der Waals surface area contributed by atoms with E-state index in [1.807, 2.05) is 36.4 Å². The van der Waals surface area contributed by atoms with Crippen LogP contribution in [-0.4, -0.2) is 44.5 Å². The summed E-state index contributed by atoms with van der Waals surface area (Å²) < 4.78 is 10.5. The van der Waals surface area contributed by atoms with Crippen LogP contribution in [0.3, 0.4) is 0 Å². The fraction of sp³-hybridized carbons (Fsp3) is 0.333. The summed E-state index contributed by atoms with van der Waals surface area (Å²) in [5.41, 5.74) is 1.04. The molecule has 0 saturated carbocycles. The number of carbonyl (C=O) groups is 1. The van der Waals surface area contributed by atoms with Gasteiger partial charge >= 0.3 is 0 Å². The van der Waals surface area contributed by atoms with Crippen LogP contribution in [0.25, 0.3) is 0 Å². The quantitative estimate of drug-likeness (QED) is 0.589. The Hall–Kier alpha value is -2.96. The molecule has 1 aromatic heterocycles. The number of aliphatic imine (C=N–C) groups is 1. The zero-order chi connectivity index (χ0) is 18.1. The van der Waals surface area contributed by atoms with Crippen LogP contribution in [0.2, 0.25) is 0 Å². The first kappa shape index (κ1) is 18.4. The number of furan rings is 1. The highest BCUT2D eigenvalue weighted by molar-refractivity contribution is 5.86. The Labute approximate surface area is 147 Å². The van der Waals surface area contributed by atoms with E-state index < -0.39 is 0 Å². The van der Waals surface area contributed by atoms with Crippen LogP contribution < -0.4 is 15.4 Å². The second kappa shape index (κ2) is 9.36. The first-order chi connectivity index (χ1) is 12.1. The number of hydrogen-bond donors (Lipinski definition) is 2. The summed E-state index contributed by atoms with van der Waals surface area (Å²) in [6.07, 6.45) is 1.62. The highest BCUT2D eigenvalue weighted by atomic mass is 16.5. The SMILES string of the molecule is COc1ccc(CN=C(NCC(=O)N(C)C)NCc2ccco2)cc1. The number of guanidine groups is 1. The van der Waals surface area contributed by atoms with Gasteiger partial charge in [0, 0.05) is 14.1 Å². The van der Waals surface area contributed by atoms with Gasteiger partial charge in [0.05, 0.1) is 33.0 Å². The number of amides is 1. The molecule has 0 aliphatic rings. The van der Waals surface area contributed by atoms with Crippen molar-refractivity contribution in [1.29, 1.82) is 0 Å². The number of nitrogens with zero attached hydrogens (tertiary/aromatic N) is 2. The molecule has 1 aromatic carbocycles. The number of benzene rings is 1. The largest absolute Gasteiger partial charge is 0.497 e. The van der Waals surface area contributed by atoms with Gasteiger partial charge in [-0.2, -0.15) is 0 Å². The Kier molecular flexibility index (Phi) is 6.88. The van der Waals surface area contributed by atoms with Crippen LogP contribution in [0.1, 0.15) is 11.3 Å². The van der Waals surface area contributed by atoms with Crippen molar-refractivity contribution in [3.8, 4) is 5.75 Å². The van der Waals surface area contributed by atoms with Gasteiger partial charge in [0.1, 0.15) is 11.5 Å². The van der Waals surface area contributed by atoms with Crippen LogP contribution in [0, 0.1) is 0 Å². The lowest BCUT2D eigenvalue weighted by molar-refractivity contribution is -0.127. The highest BCUT2D eigenvalue weighted by Gasteiger charge is 2.06. The molecule has 0 aliphatic heterocycles. The van der Waals surface area contributed by atoms with E-state index in [0.29, 0.717) is 19.0 Å². The number of hydrogen-bond acceptors (Lipinski definition) is 4. The third-order valence-electron chi connectivity index (χ3n) is 3.49. The van der Waals surface area contributed by atoms with Crippen LogP contribution in [0.4, 0.5) is 0 Å². The maximum absolute atomic E-state index is 11.8. The van der Waals surface area contributed by atoms with E-state index in [9.17, 15) is 4.79 Å². The topological polar surface area (TPSA) is 79.1 Å². The predicted octanol–water partition coefficient (Wildman–Crippen LogP) is 1.61. The van der Waals surface area contributed by atoms with Crippen molar-refractivity contribution in [1.82, 2.24) is 15.5 Å². The molecule has 0 spiro atoms. The highest BCUT2D eigenvalue weighted by Crippen LogP contribution is 2.11. The van der Waals surface area contributed by atoms with E-state index in [4.69, 9.17) is 9.15 Å². The summed E-state index contributed by atoms with van der Waals surface area (Å²) in [5.74, 6) is 2.11. The molecule has 0 aliphatic carbocycles. The molecule has 7 nitrogen and oxygen atoms in total. The molecule has 134 valence electrons. The number of methoxy groups -OCH3 is 1. The summed E-state index contributed by atoms with van der Waals surface area (Å²) in [5, 5.41) is 6.20. The number of ether oxygens (including phenoxy) is 1. The Balaban J connectivity index is 1.98. The molecule has 0 unspecified atom stereocenters. The maximum Gasteiger partial charge on any atom is 0.241 e. The average Bonchev–Trinajstić information content (AvgIpc) is 3.14. The van der Waals surface area contributed by atoms with Crippen LogP contribution in [0.5, 0.6) is 5.75 Å². The van der Waals surface area contributed by atoms with Crippen molar-refractivity contribution in [3.63, 3.8) is 0 Å². The Morgan fingerprint density at radius 2 is 1.96 bits per heavy atom. The van der Waals surface area contributed by atoms with Crippen LogP contribution in [-0.2, 0) is 17.9 Å². The maximum atomic E-state index is 11.8. The fourth-order valence-corrected chi connectivity index (χ4v) is 1.98. The van der Waals surface area contributed by atoms with Gasteiger partial charge in [-0.3, -0.25) is 4.79 Å². The molecule has 0 saturated heterocycles. The lowest BCUT2D eigenvalue weighted by atomic mass is 10.2. The molecule has 2 N–H and O–H groups in total. The van der Waals surface area contributed by atoms with Gasteiger partial charge in [0.2, 0.25) is 5.91 Å². The summed E-state index contributed by atoms with van der Waals surface area (Å²) >= 11 is 0. The second-order valence-corrected chi connectivity index (χ2v) is 5.59. The first-order valence-electron chi connectivity index (χ1n) is 7.96. The molecule has 2 aromatic rings. The summed E-state index contributed by atoms with van der Waals surface area (Å²) in [6.45, 7) is 1.13. The van der Waals surface area contributed by atoms with Crippen molar-refractivity contribution in [2.45, 2.75) is 13.1 Å². The molecular weight excluding hydrogens is 320 g/mol. The summed E-state index contributed by atoms with van der Waals surface area (Å²) in [6, 6.07) is 11.4. The van der Waals surface area contributed by atoms with Crippen molar-refractivity contribution >= 4 is 11.9 Å². The normalized spacial score (nSPS) is 11.1. The van der Waals surface area contributed by atoms with Gasteiger partial charge in [-0.05, 0) is 29.8 Å². The number of likely N-dealkylation sites (N-methyl/N-ethyl adjacent to an activating group) is 1. The molecule has 0 radical (unpaired) electrons. The summed E-state index contributed by atoms with van der Waals surface area (Å²) in [7, 11) is 5.07. The first-order valence-corrected chi connectivity index (χ1v) is 7.96. The fourth-order valence-electron chi connectivity index (χ4n) is 1.98. The van der Waals surface area contributed by atoms with Gasteiger partial charge in [-0.1, -0.05) is 12.1 Å². The molecule has 2 rings (SSSR count). The third-order valence-corrected chi connectivity index (χ3v) is 3.49. The smallest absolute Gasteiger partial charge is 0.241 e. The molecule has 25 heavy (non-hydrogen) atoms. The number of rotatable bonds is 7. The minimum absolute atomic E-state index is 0.0306.